The average molecular weight is 324 g/mol. The fraction of sp³-hybridized carbons (Fsp3) is 0. The Hall–Kier alpha value is -3.68. The highest BCUT2D eigenvalue weighted by molar-refractivity contribution is 6.04. The molecular weight excluding hydrogens is 312 g/mol. The summed E-state index contributed by atoms with van der Waals surface area (Å²) in [6.07, 6.45) is 4.29. The van der Waals surface area contributed by atoms with Crippen LogP contribution < -0.4 is 11.0 Å². The van der Waals surface area contributed by atoms with Crippen LogP contribution in [-0.4, -0.2) is 31.5 Å². The fourth-order valence-corrected chi connectivity index (χ4v) is 2.12. The SMILES string of the molecule is O=C(Nc1cccc(-n2cc[nH]c2=O)c1)c1ccc(C(=O)O)nc1. The molecule has 0 fully saturated rings. The number of anilines is 1. The van der Waals surface area contributed by atoms with Crippen molar-refractivity contribution >= 4 is 17.6 Å². The summed E-state index contributed by atoms with van der Waals surface area (Å²) in [5.74, 6) is -1.59. The first-order valence-corrected chi connectivity index (χ1v) is 6.92. The fourth-order valence-electron chi connectivity index (χ4n) is 2.12. The van der Waals surface area contributed by atoms with Crippen LogP contribution in [0.5, 0.6) is 0 Å². The molecule has 0 radical (unpaired) electrons. The number of aromatic carboxylic acids is 1. The molecule has 0 aliphatic carbocycles. The normalized spacial score (nSPS) is 10.3. The quantitative estimate of drug-likeness (QED) is 0.672. The maximum absolute atomic E-state index is 12.2. The number of rotatable bonds is 4. The summed E-state index contributed by atoms with van der Waals surface area (Å²) in [6.45, 7) is 0. The summed E-state index contributed by atoms with van der Waals surface area (Å²) in [6, 6.07) is 9.40. The molecule has 24 heavy (non-hydrogen) atoms. The number of amides is 1. The summed E-state index contributed by atoms with van der Waals surface area (Å²) in [7, 11) is 0. The van der Waals surface area contributed by atoms with Crippen molar-refractivity contribution in [3.8, 4) is 5.69 Å². The zero-order valence-electron chi connectivity index (χ0n) is 12.3. The molecule has 1 amide bonds. The van der Waals surface area contributed by atoms with Crippen LogP contribution in [0.4, 0.5) is 5.69 Å². The van der Waals surface area contributed by atoms with Gasteiger partial charge < -0.3 is 15.4 Å². The van der Waals surface area contributed by atoms with Crippen molar-refractivity contribution in [1.82, 2.24) is 14.5 Å². The van der Waals surface area contributed by atoms with Gasteiger partial charge in [0, 0.05) is 24.3 Å². The number of carbonyl (C=O) groups is 2. The molecule has 0 saturated heterocycles. The van der Waals surface area contributed by atoms with Gasteiger partial charge in [0.25, 0.3) is 5.91 Å². The Kier molecular flexibility index (Phi) is 3.94. The van der Waals surface area contributed by atoms with Crippen LogP contribution in [0.3, 0.4) is 0 Å². The highest BCUT2D eigenvalue weighted by Gasteiger charge is 2.10. The van der Waals surface area contributed by atoms with Crippen molar-refractivity contribution < 1.29 is 14.7 Å². The van der Waals surface area contributed by atoms with E-state index in [2.05, 4.69) is 15.3 Å². The van der Waals surface area contributed by atoms with Crippen LogP contribution in [-0.2, 0) is 0 Å². The van der Waals surface area contributed by atoms with Gasteiger partial charge in [-0.3, -0.25) is 9.36 Å². The molecule has 3 N–H and O–H groups in total. The minimum absolute atomic E-state index is 0.139. The van der Waals surface area contributed by atoms with Gasteiger partial charge in [0.2, 0.25) is 0 Å². The molecule has 8 nitrogen and oxygen atoms in total. The van der Waals surface area contributed by atoms with Crippen molar-refractivity contribution in [2.45, 2.75) is 0 Å². The lowest BCUT2D eigenvalue weighted by Gasteiger charge is -2.07. The zero-order chi connectivity index (χ0) is 17.1. The Balaban J connectivity index is 1.81. The summed E-state index contributed by atoms with van der Waals surface area (Å²) in [4.78, 5) is 40.8. The zero-order valence-corrected chi connectivity index (χ0v) is 12.3. The standard InChI is InChI=1S/C16H12N4O4/c21-14(10-4-5-13(15(22)23)18-9-10)19-11-2-1-3-12(8-11)20-7-6-17-16(20)24/h1-9H,(H,17,24)(H,19,21)(H,22,23). The van der Waals surface area contributed by atoms with Gasteiger partial charge in [-0.2, -0.15) is 0 Å². The highest BCUT2D eigenvalue weighted by Crippen LogP contribution is 2.14. The molecule has 0 spiro atoms. The largest absolute Gasteiger partial charge is 0.477 e. The number of aromatic nitrogens is 3. The van der Waals surface area contributed by atoms with Gasteiger partial charge in [-0.25, -0.2) is 14.6 Å². The summed E-state index contributed by atoms with van der Waals surface area (Å²) < 4.78 is 1.40. The van der Waals surface area contributed by atoms with E-state index in [1.165, 1.54) is 29.1 Å². The second kappa shape index (κ2) is 6.21. The number of hydrogen-bond acceptors (Lipinski definition) is 4. The Bertz CT molecular complexity index is 956. The minimum Gasteiger partial charge on any atom is -0.477 e. The second-order valence-electron chi connectivity index (χ2n) is 4.88. The summed E-state index contributed by atoms with van der Waals surface area (Å²) in [5.41, 5.74) is 0.892. The van der Waals surface area contributed by atoms with E-state index in [1.807, 2.05) is 0 Å². The number of carbonyl (C=O) groups excluding carboxylic acids is 1. The molecule has 0 bridgehead atoms. The Morgan fingerprint density at radius 1 is 1.21 bits per heavy atom. The van der Waals surface area contributed by atoms with Gasteiger partial charge in [-0.1, -0.05) is 6.07 Å². The third-order valence-electron chi connectivity index (χ3n) is 3.28. The number of H-pyrrole nitrogens is 1. The molecule has 1 aromatic carbocycles. The molecule has 0 unspecified atom stereocenters. The van der Waals surface area contributed by atoms with Crippen molar-refractivity contribution in [2.24, 2.45) is 0 Å². The van der Waals surface area contributed by atoms with Crippen molar-refractivity contribution in [1.29, 1.82) is 0 Å². The van der Waals surface area contributed by atoms with E-state index >= 15 is 0 Å². The monoisotopic (exact) mass is 324 g/mol. The van der Waals surface area contributed by atoms with Crippen LogP contribution in [0.15, 0.2) is 59.8 Å². The first-order valence-electron chi connectivity index (χ1n) is 6.92. The minimum atomic E-state index is -1.16. The first-order chi connectivity index (χ1) is 11.5. The third kappa shape index (κ3) is 3.07. The number of hydrogen-bond donors (Lipinski definition) is 3. The number of nitrogens with zero attached hydrogens (tertiary/aromatic N) is 2. The lowest BCUT2D eigenvalue weighted by molar-refractivity contribution is 0.0690. The number of carboxylic acid groups (broad SMARTS) is 1. The maximum Gasteiger partial charge on any atom is 0.354 e. The first kappa shape index (κ1) is 15.2. The van der Waals surface area contributed by atoms with Gasteiger partial charge in [0.05, 0.1) is 11.3 Å². The molecule has 0 saturated carbocycles. The summed E-state index contributed by atoms with van der Waals surface area (Å²) >= 11 is 0. The molecule has 0 aliphatic rings. The van der Waals surface area contributed by atoms with E-state index in [-0.39, 0.29) is 16.9 Å². The maximum atomic E-state index is 12.2. The molecule has 120 valence electrons. The topological polar surface area (TPSA) is 117 Å². The van der Waals surface area contributed by atoms with Crippen molar-refractivity contribution in [3.63, 3.8) is 0 Å². The van der Waals surface area contributed by atoms with Gasteiger partial charge in [-0.15, -0.1) is 0 Å². The molecule has 0 atom stereocenters. The Labute approximate surface area is 135 Å². The predicted octanol–water partition coefficient (Wildman–Crippen LogP) is 1.51. The summed E-state index contributed by atoms with van der Waals surface area (Å²) in [5, 5.41) is 11.5. The average Bonchev–Trinajstić information content (AvgIpc) is 3.01. The van der Waals surface area contributed by atoms with E-state index in [9.17, 15) is 14.4 Å². The van der Waals surface area contributed by atoms with E-state index in [0.29, 0.717) is 11.4 Å². The molecular formula is C16H12N4O4. The van der Waals surface area contributed by atoms with E-state index in [4.69, 9.17) is 5.11 Å². The molecule has 0 aliphatic heterocycles. The molecule has 2 aromatic heterocycles. The van der Waals surface area contributed by atoms with E-state index in [0.717, 1.165) is 0 Å². The number of pyridine rings is 1. The van der Waals surface area contributed by atoms with Crippen LogP contribution in [0, 0.1) is 0 Å². The van der Waals surface area contributed by atoms with Crippen LogP contribution in [0.25, 0.3) is 5.69 Å². The lowest BCUT2D eigenvalue weighted by Crippen LogP contribution is -2.15. The van der Waals surface area contributed by atoms with Gasteiger partial charge >= 0.3 is 11.7 Å². The predicted molar refractivity (Wildman–Crippen MR) is 85.5 cm³/mol. The molecule has 8 heteroatoms. The number of benzene rings is 1. The second-order valence-corrected chi connectivity index (χ2v) is 4.88. The van der Waals surface area contributed by atoms with Crippen molar-refractivity contribution in [2.75, 3.05) is 5.32 Å². The van der Waals surface area contributed by atoms with Gasteiger partial charge in [0.1, 0.15) is 5.69 Å². The number of carboxylic acids is 1. The molecule has 2 heterocycles. The highest BCUT2D eigenvalue weighted by atomic mass is 16.4. The Morgan fingerprint density at radius 3 is 2.67 bits per heavy atom. The van der Waals surface area contributed by atoms with E-state index < -0.39 is 11.9 Å². The number of nitrogens with one attached hydrogen (secondary N) is 2. The van der Waals surface area contributed by atoms with Gasteiger partial charge in [0.15, 0.2) is 0 Å². The number of aromatic amines is 1. The molecule has 3 aromatic rings. The third-order valence-corrected chi connectivity index (χ3v) is 3.28. The molecule has 3 rings (SSSR count). The number of imidazole rings is 1. The van der Waals surface area contributed by atoms with Crippen LogP contribution in [0.1, 0.15) is 20.8 Å². The van der Waals surface area contributed by atoms with Crippen molar-refractivity contribution in [3.05, 3.63) is 76.7 Å². The Morgan fingerprint density at radius 2 is 2.04 bits per heavy atom. The lowest BCUT2D eigenvalue weighted by atomic mass is 10.2. The van der Waals surface area contributed by atoms with E-state index in [1.54, 1.807) is 30.5 Å². The smallest absolute Gasteiger partial charge is 0.354 e. The van der Waals surface area contributed by atoms with Crippen LogP contribution in [0.2, 0.25) is 0 Å². The van der Waals surface area contributed by atoms with Crippen LogP contribution >= 0.6 is 0 Å². The van der Waals surface area contributed by atoms with Gasteiger partial charge in [-0.05, 0) is 30.3 Å².